The van der Waals surface area contributed by atoms with Gasteiger partial charge in [0.1, 0.15) is 0 Å². The number of hydrogen-bond donors (Lipinski definition) is 2. The lowest BCUT2D eigenvalue weighted by Crippen LogP contribution is -2.31. The minimum absolute atomic E-state index is 0.0164. The second-order valence-electron chi connectivity index (χ2n) is 6.45. The van der Waals surface area contributed by atoms with E-state index in [-0.39, 0.29) is 18.0 Å². The average molecular weight is 398 g/mol. The van der Waals surface area contributed by atoms with Crippen molar-refractivity contribution in [3.05, 3.63) is 71.9 Å². The van der Waals surface area contributed by atoms with E-state index >= 15 is 0 Å². The highest BCUT2D eigenvalue weighted by Gasteiger charge is 2.16. The molecule has 0 aliphatic rings. The summed E-state index contributed by atoms with van der Waals surface area (Å²) in [6.45, 7) is 1.99. The van der Waals surface area contributed by atoms with Crippen LogP contribution in [0, 0.1) is 6.92 Å². The molecule has 0 bridgehead atoms. The molecule has 0 radical (unpaired) electrons. The fourth-order valence-corrected chi connectivity index (χ4v) is 3.67. The van der Waals surface area contributed by atoms with Crippen molar-refractivity contribution < 1.29 is 13.2 Å². The van der Waals surface area contributed by atoms with E-state index < -0.39 is 15.9 Å². The average Bonchev–Trinajstić information content (AvgIpc) is 3.04. The first-order valence-electron chi connectivity index (χ1n) is 8.79. The van der Waals surface area contributed by atoms with Gasteiger partial charge in [-0.3, -0.25) is 14.2 Å². The zero-order chi connectivity index (χ0) is 20.1. The number of para-hydroxylation sites is 1. The number of carbonyl (C=O) groups is 1. The van der Waals surface area contributed by atoms with Crippen molar-refractivity contribution in [1.29, 1.82) is 0 Å². The fourth-order valence-electron chi connectivity index (χ4n) is 2.70. The molecule has 3 aromatic rings. The Hall–Kier alpha value is -3.13. The van der Waals surface area contributed by atoms with Gasteiger partial charge in [-0.2, -0.15) is 5.10 Å². The van der Waals surface area contributed by atoms with Crippen LogP contribution >= 0.6 is 0 Å². The lowest BCUT2D eigenvalue weighted by molar-refractivity contribution is 0.0950. The largest absolute Gasteiger partial charge is 0.350 e. The van der Waals surface area contributed by atoms with Crippen LogP contribution in [-0.4, -0.2) is 36.4 Å². The van der Waals surface area contributed by atoms with Crippen molar-refractivity contribution in [3.8, 4) is 11.3 Å². The lowest BCUT2D eigenvalue weighted by atomic mass is 10.1. The Bertz CT molecular complexity index is 1060. The van der Waals surface area contributed by atoms with Gasteiger partial charge >= 0.3 is 0 Å². The Kier molecular flexibility index (Phi) is 5.79. The van der Waals surface area contributed by atoms with Crippen LogP contribution in [0.5, 0.6) is 0 Å². The maximum Gasteiger partial charge on any atom is 0.271 e. The molecule has 0 fully saturated rings. The van der Waals surface area contributed by atoms with Gasteiger partial charge in [-0.25, -0.2) is 8.42 Å². The van der Waals surface area contributed by atoms with Crippen LogP contribution in [0.15, 0.2) is 60.7 Å². The predicted octanol–water partition coefficient (Wildman–Crippen LogP) is 2.57. The van der Waals surface area contributed by atoms with Gasteiger partial charge in [-0.05, 0) is 30.7 Å². The highest BCUT2D eigenvalue weighted by Crippen LogP contribution is 2.20. The molecule has 1 amide bonds. The van der Waals surface area contributed by atoms with E-state index in [0.717, 1.165) is 16.8 Å². The first kappa shape index (κ1) is 19.6. The third kappa shape index (κ3) is 4.98. The van der Waals surface area contributed by atoms with Crippen molar-refractivity contribution in [2.45, 2.75) is 6.92 Å². The lowest BCUT2D eigenvalue weighted by Gasteiger charge is -2.08. The van der Waals surface area contributed by atoms with Gasteiger partial charge in [0.25, 0.3) is 5.91 Å². The molecule has 0 aliphatic heterocycles. The number of aromatic nitrogens is 2. The molecule has 1 heterocycles. The zero-order valence-electron chi connectivity index (χ0n) is 15.7. The van der Waals surface area contributed by atoms with E-state index in [1.165, 1.54) is 0 Å². The van der Waals surface area contributed by atoms with E-state index in [2.05, 4.69) is 15.1 Å². The van der Waals surface area contributed by atoms with Crippen molar-refractivity contribution in [1.82, 2.24) is 15.1 Å². The minimum Gasteiger partial charge on any atom is -0.350 e. The molecule has 0 atom stereocenters. The number of nitrogens with one attached hydrogen (secondary N) is 2. The summed E-state index contributed by atoms with van der Waals surface area (Å²) >= 11 is 0. The van der Waals surface area contributed by atoms with E-state index in [1.54, 1.807) is 48.1 Å². The van der Waals surface area contributed by atoms with E-state index in [4.69, 9.17) is 0 Å². The van der Waals surface area contributed by atoms with Gasteiger partial charge in [0.05, 0.1) is 11.4 Å². The predicted molar refractivity (Wildman–Crippen MR) is 110 cm³/mol. The van der Waals surface area contributed by atoms with Gasteiger partial charge in [-0.15, -0.1) is 0 Å². The monoisotopic (exact) mass is 398 g/mol. The number of hydrogen-bond acceptors (Lipinski definition) is 4. The number of sulfonamides is 1. The topological polar surface area (TPSA) is 93.1 Å². The maximum atomic E-state index is 12.3. The quantitative estimate of drug-likeness (QED) is 0.640. The second kappa shape index (κ2) is 8.26. The molecule has 0 spiro atoms. The van der Waals surface area contributed by atoms with Crippen molar-refractivity contribution >= 4 is 21.6 Å². The number of aryl methyl sites for hydroxylation is 2. The molecule has 1 aromatic heterocycles. The van der Waals surface area contributed by atoms with E-state index in [9.17, 15) is 13.2 Å². The summed E-state index contributed by atoms with van der Waals surface area (Å²) < 4.78 is 28.3. The van der Waals surface area contributed by atoms with Crippen LogP contribution in [0.4, 0.5) is 5.69 Å². The summed E-state index contributed by atoms with van der Waals surface area (Å²) in [7, 11) is -1.79. The highest BCUT2D eigenvalue weighted by molar-refractivity contribution is 7.92. The molecule has 146 valence electrons. The molecule has 0 unspecified atom stereocenters. The van der Waals surface area contributed by atoms with Crippen LogP contribution in [0.2, 0.25) is 0 Å². The Morgan fingerprint density at radius 3 is 2.43 bits per heavy atom. The van der Waals surface area contributed by atoms with Gasteiger partial charge < -0.3 is 5.32 Å². The summed E-state index contributed by atoms with van der Waals surface area (Å²) in [5.41, 5.74) is 3.64. The van der Waals surface area contributed by atoms with Crippen LogP contribution in [-0.2, 0) is 17.1 Å². The Balaban J connectivity index is 1.59. The zero-order valence-corrected chi connectivity index (χ0v) is 16.5. The molecular formula is C20H22N4O3S. The molecule has 3 rings (SSSR count). The maximum absolute atomic E-state index is 12.3. The molecule has 7 nitrogen and oxygen atoms in total. The second-order valence-corrected chi connectivity index (χ2v) is 8.29. The molecule has 28 heavy (non-hydrogen) atoms. The van der Waals surface area contributed by atoms with Crippen molar-refractivity contribution in [2.24, 2.45) is 7.05 Å². The van der Waals surface area contributed by atoms with Gasteiger partial charge in [0.2, 0.25) is 10.0 Å². The summed E-state index contributed by atoms with van der Waals surface area (Å²) in [5.74, 6) is -0.644. The number of rotatable bonds is 7. The van der Waals surface area contributed by atoms with Crippen molar-refractivity contribution in [2.75, 3.05) is 17.0 Å². The molecule has 8 heteroatoms. The molecule has 0 saturated heterocycles. The number of anilines is 1. The van der Waals surface area contributed by atoms with Crippen LogP contribution < -0.4 is 10.0 Å². The first-order chi connectivity index (χ1) is 13.3. The van der Waals surface area contributed by atoms with Gasteiger partial charge in [0, 0.05) is 19.3 Å². The molecule has 2 N–H and O–H groups in total. The summed E-state index contributed by atoms with van der Waals surface area (Å²) in [5, 5.41) is 6.84. The Morgan fingerprint density at radius 2 is 1.75 bits per heavy atom. The number of carbonyl (C=O) groups excluding carboxylic acids is 1. The molecule has 0 aliphatic carbocycles. The molecule has 2 aromatic carbocycles. The number of amides is 1. The summed E-state index contributed by atoms with van der Waals surface area (Å²) in [6.07, 6.45) is 0. The minimum atomic E-state index is -3.55. The Labute approximate surface area is 164 Å². The van der Waals surface area contributed by atoms with Crippen LogP contribution in [0.1, 0.15) is 16.1 Å². The third-order valence-electron chi connectivity index (χ3n) is 4.16. The van der Waals surface area contributed by atoms with E-state index in [1.807, 2.05) is 31.2 Å². The first-order valence-corrected chi connectivity index (χ1v) is 10.4. The normalized spacial score (nSPS) is 11.2. The standard InChI is InChI=1S/C20H22N4O3S/c1-15-8-10-16(11-9-15)19-14-18(22-24(19)2)20(25)21-12-13-28(26,27)23-17-6-4-3-5-7-17/h3-11,14,23H,12-13H2,1-2H3,(H,21,25). The Morgan fingerprint density at radius 1 is 1.07 bits per heavy atom. The fraction of sp³-hybridized carbons (Fsp3) is 0.200. The number of nitrogens with zero attached hydrogens (tertiary/aromatic N) is 2. The van der Waals surface area contributed by atoms with Crippen molar-refractivity contribution in [3.63, 3.8) is 0 Å². The van der Waals surface area contributed by atoms with Gasteiger partial charge in [0.15, 0.2) is 5.69 Å². The summed E-state index contributed by atoms with van der Waals surface area (Å²) in [4.78, 5) is 12.3. The van der Waals surface area contributed by atoms with Crippen LogP contribution in [0.25, 0.3) is 11.3 Å². The summed E-state index contributed by atoms with van der Waals surface area (Å²) in [6, 6.07) is 18.2. The molecular weight excluding hydrogens is 376 g/mol. The SMILES string of the molecule is Cc1ccc(-c2cc(C(=O)NCCS(=O)(=O)Nc3ccccc3)nn2C)cc1. The highest BCUT2D eigenvalue weighted by atomic mass is 32.2. The van der Waals surface area contributed by atoms with Crippen LogP contribution in [0.3, 0.4) is 0 Å². The number of benzene rings is 2. The van der Waals surface area contributed by atoms with E-state index in [0.29, 0.717) is 5.69 Å². The van der Waals surface area contributed by atoms with Gasteiger partial charge in [-0.1, -0.05) is 48.0 Å². The molecule has 0 saturated carbocycles. The third-order valence-corrected chi connectivity index (χ3v) is 5.45. The smallest absolute Gasteiger partial charge is 0.271 e.